The third-order valence-corrected chi connectivity index (χ3v) is 12.4. The largest absolute Gasteiger partial charge is 0.462 e. The summed E-state index contributed by atoms with van der Waals surface area (Å²) >= 11 is 0. The van der Waals surface area contributed by atoms with Crippen LogP contribution in [0.3, 0.4) is 0 Å². The van der Waals surface area contributed by atoms with Crippen molar-refractivity contribution in [2.24, 2.45) is 0 Å². The van der Waals surface area contributed by atoms with Crippen LogP contribution in [0.5, 0.6) is 0 Å². The van der Waals surface area contributed by atoms with E-state index in [4.69, 9.17) is 18.9 Å². The summed E-state index contributed by atoms with van der Waals surface area (Å²) < 4.78 is 54.2. The van der Waals surface area contributed by atoms with E-state index in [-0.39, 0.29) is 19.4 Å². The van der Waals surface area contributed by atoms with Gasteiger partial charge in [0.15, 0.2) is 12.4 Å². The number of hydrogen-bond donors (Lipinski definition) is 4. The van der Waals surface area contributed by atoms with E-state index in [0.717, 1.165) is 57.8 Å². The lowest BCUT2D eigenvalue weighted by Crippen LogP contribution is -2.60. The summed E-state index contributed by atoms with van der Waals surface area (Å²) in [5.74, 6) is -1.98. The number of aliphatic hydroxyl groups is 3. The molecule has 1 saturated heterocycles. The molecule has 0 bridgehead atoms. The summed E-state index contributed by atoms with van der Waals surface area (Å²) in [5.41, 5.74) is 0. The van der Waals surface area contributed by atoms with Crippen LogP contribution in [0, 0.1) is 0 Å². The van der Waals surface area contributed by atoms with Crippen molar-refractivity contribution in [1.82, 2.24) is 0 Å². The zero-order valence-corrected chi connectivity index (χ0v) is 41.0. The topological polar surface area (TPSA) is 186 Å². The van der Waals surface area contributed by atoms with E-state index >= 15 is 0 Å². The van der Waals surface area contributed by atoms with Crippen LogP contribution in [0.15, 0.2) is 36.5 Å². The van der Waals surface area contributed by atoms with Crippen molar-refractivity contribution in [1.29, 1.82) is 0 Å². The minimum Gasteiger partial charge on any atom is -0.462 e. The Morgan fingerprint density at radius 2 is 0.938 bits per heavy atom. The zero-order valence-electron chi connectivity index (χ0n) is 40.1. The van der Waals surface area contributed by atoms with Gasteiger partial charge in [-0.15, -0.1) is 0 Å². The maximum absolute atomic E-state index is 12.9. The van der Waals surface area contributed by atoms with Crippen molar-refractivity contribution in [3.05, 3.63) is 36.5 Å². The molecule has 1 aliphatic heterocycles. The van der Waals surface area contributed by atoms with Gasteiger partial charge < -0.3 is 34.3 Å². The lowest BCUT2D eigenvalue weighted by molar-refractivity contribution is -0.297. The molecule has 0 radical (unpaired) electrons. The molecule has 0 spiro atoms. The average molecular weight is 929 g/mol. The van der Waals surface area contributed by atoms with Crippen LogP contribution in [0.25, 0.3) is 0 Å². The molecule has 0 aromatic rings. The van der Waals surface area contributed by atoms with Crippen LogP contribution in [0.4, 0.5) is 0 Å². The molecule has 2 unspecified atom stereocenters. The van der Waals surface area contributed by atoms with Crippen molar-refractivity contribution in [3.8, 4) is 0 Å². The van der Waals surface area contributed by atoms with Crippen LogP contribution in [0.2, 0.25) is 0 Å². The molecule has 1 fully saturated rings. The Kier molecular flexibility index (Phi) is 38.4. The number of hydrogen-bond acceptors (Lipinski definition) is 11. The second kappa shape index (κ2) is 41.1. The predicted molar refractivity (Wildman–Crippen MR) is 256 cm³/mol. The molecule has 13 heteroatoms. The minimum absolute atomic E-state index is 0.160. The van der Waals surface area contributed by atoms with Gasteiger partial charge in [0.2, 0.25) is 0 Å². The standard InChI is InChI=1S/C51H92O12S/c1-3-5-7-9-11-13-15-17-19-21-22-24-26-28-30-32-34-36-38-40-47(53)62-44(42-61-51-50(56)49(55)48(54)45(63-51)43-64(57,58)59)41-60-46(52)39-37-35-33-31-29-27-25-23-20-18-16-14-12-10-8-6-4-2/h11,13-14,16-17,19,44-45,48-51,54-56H,3-10,12,15,18,20-43H2,1-2H3,(H,57,58,59)/b13-11+,16-14+,19-17+/t44-,45-,48-,49?,50?,51+/m1/s1. The predicted octanol–water partition coefficient (Wildman–Crippen LogP) is 11.3. The summed E-state index contributed by atoms with van der Waals surface area (Å²) in [4.78, 5) is 25.5. The first-order valence-electron chi connectivity index (χ1n) is 25.5. The van der Waals surface area contributed by atoms with Crippen LogP contribution in [-0.4, -0.2) is 96.0 Å². The quantitative estimate of drug-likeness (QED) is 0.0196. The van der Waals surface area contributed by atoms with E-state index < -0.39 is 71.2 Å². The Bertz CT molecular complexity index is 1320. The van der Waals surface area contributed by atoms with Crippen LogP contribution < -0.4 is 0 Å². The molecule has 0 aliphatic carbocycles. The molecular formula is C51H92O12S. The lowest BCUT2D eigenvalue weighted by atomic mass is 10.00. The highest BCUT2D eigenvalue weighted by Gasteiger charge is 2.46. The van der Waals surface area contributed by atoms with Gasteiger partial charge in [-0.2, -0.15) is 8.42 Å². The fourth-order valence-electron chi connectivity index (χ4n) is 7.70. The maximum Gasteiger partial charge on any atom is 0.306 e. The molecule has 1 aliphatic rings. The number of aliphatic hydroxyl groups excluding tert-OH is 3. The van der Waals surface area contributed by atoms with Gasteiger partial charge in [0, 0.05) is 12.8 Å². The molecular weight excluding hydrogens is 837 g/mol. The van der Waals surface area contributed by atoms with Gasteiger partial charge in [-0.05, 0) is 70.6 Å². The number of esters is 2. The summed E-state index contributed by atoms with van der Waals surface area (Å²) in [6, 6.07) is 0. The average Bonchev–Trinajstić information content (AvgIpc) is 3.26. The SMILES string of the molecule is CCCCC/C=C/C/C=C/CCCCCCCCCCCC(=O)O[C@H](COC(=O)CCCCCCCCCCC/C=C/CCCCCC)CO[C@H]1O[C@H](CS(=O)(=O)O)[C@@H](O)C(O)C1O. The summed E-state index contributed by atoms with van der Waals surface area (Å²) in [6.07, 6.45) is 38.9. The van der Waals surface area contributed by atoms with Gasteiger partial charge in [-0.3, -0.25) is 14.1 Å². The molecule has 1 heterocycles. The van der Waals surface area contributed by atoms with E-state index in [2.05, 4.69) is 50.3 Å². The normalized spacial score (nSPS) is 19.9. The monoisotopic (exact) mass is 929 g/mol. The first-order valence-corrected chi connectivity index (χ1v) is 27.2. The van der Waals surface area contributed by atoms with E-state index in [1.807, 2.05) is 0 Å². The van der Waals surface area contributed by atoms with Gasteiger partial charge in [0.25, 0.3) is 10.1 Å². The number of unbranched alkanes of at least 4 members (excludes halogenated alkanes) is 25. The fourth-order valence-corrected chi connectivity index (χ4v) is 8.39. The Labute approximate surface area is 389 Å². The molecule has 0 saturated carbocycles. The molecule has 64 heavy (non-hydrogen) atoms. The van der Waals surface area contributed by atoms with E-state index in [0.29, 0.717) is 12.8 Å². The van der Waals surface area contributed by atoms with Gasteiger partial charge in [0.05, 0.1) is 6.61 Å². The van der Waals surface area contributed by atoms with Crippen molar-refractivity contribution in [2.45, 2.75) is 256 Å². The van der Waals surface area contributed by atoms with Crippen LogP contribution in [-0.2, 0) is 38.7 Å². The maximum atomic E-state index is 12.9. The molecule has 0 aromatic carbocycles. The van der Waals surface area contributed by atoms with Crippen molar-refractivity contribution in [3.63, 3.8) is 0 Å². The van der Waals surface area contributed by atoms with Crippen molar-refractivity contribution < 1.29 is 56.8 Å². The third kappa shape index (κ3) is 35.1. The van der Waals surface area contributed by atoms with Crippen molar-refractivity contribution in [2.75, 3.05) is 19.0 Å². The van der Waals surface area contributed by atoms with E-state index in [9.17, 15) is 37.9 Å². The highest BCUT2D eigenvalue weighted by atomic mass is 32.2. The van der Waals surface area contributed by atoms with Crippen molar-refractivity contribution >= 4 is 22.1 Å². The second-order valence-electron chi connectivity index (χ2n) is 17.8. The lowest BCUT2D eigenvalue weighted by Gasteiger charge is -2.40. The molecule has 0 amide bonds. The number of rotatable bonds is 43. The molecule has 6 atom stereocenters. The molecule has 12 nitrogen and oxygen atoms in total. The van der Waals surface area contributed by atoms with Gasteiger partial charge in [-0.25, -0.2) is 0 Å². The number of allylic oxidation sites excluding steroid dienone is 6. The first kappa shape index (κ1) is 59.9. The summed E-state index contributed by atoms with van der Waals surface area (Å²) in [6.45, 7) is 3.74. The smallest absolute Gasteiger partial charge is 0.306 e. The molecule has 374 valence electrons. The second-order valence-corrected chi connectivity index (χ2v) is 19.3. The molecule has 1 rings (SSSR count). The van der Waals surface area contributed by atoms with Crippen LogP contribution >= 0.6 is 0 Å². The minimum atomic E-state index is -4.60. The van der Waals surface area contributed by atoms with E-state index in [1.165, 1.54) is 122 Å². The van der Waals surface area contributed by atoms with Gasteiger partial charge in [0.1, 0.15) is 36.8 Å². The van der Waals surface area contributed by atoms with Gasteiger partial charge in [-0.1, -0.05) is 172 Å². The third-order valence-electron chi connectivity index (χ3n) is 11.7. The number of carbonyl (C=O) groups is 2. The van der Waals surface area contributed by atoms with Crippen LogP contribution in [0.1, 0.15) is 219 Å². The number of ether oxygens (including phenoxy) is 4. The number of carbonyl (C=O) groups excluding carboxylic acids is 2. The molecule has 0 aromatic heterocycles. The Hall–Kier alpha value is -2.13. The first-order chi connectivity index (χ1) is 31.0. The van der Waals surface area contributed by atoms with E-state index in [1.54, 1.807) is 0 Å². The summed E-state index contributed by atoms with van der Waals surface area (Å²) in [7, 11) is -4.60. The Morgan fingerprint density at radius 3 is 1.42 bits per heavy atom. The summed E-state index contributed by atoms with van der Waals surface area (Å²) in [5, 5.41) is 31.0. The zero-order chi connectivity index (χ0) is 46.9. The Balaban J connectivity index is 2.38. The highest BCUT2D eigenvalue weighted by Crippen LogP contribution is 2.24. The molecule has 4 N–H and O–H groups in total. The van der Waals surface area contributed by atoms with Gasteiger partial charge >= 0.3 is 11.9 Å². The highest BCUT2D eigenvalue weighted by molar-refractivity contribution is 7.85. The Morgan fingerprint density at radius 1 is 0.531 bits per heavy atom. The fraction of sp³-hybridized carbons (Fsp3) is 0.843.